The number of hydrogen-bond acceptors (Lipinski definition) is 3. The van der Waals surface area contributed by atoms with Gasteiger partial charge in [-0.15, -0.1) is 0 Å². The molecule has 1 saturated carbocycles. The predicted octanol–water partition coefficient (Wildman–Crippen LogP) is 2.02. The summed E-state index contributed by atoms with van der Waals surface area (Å²) in [6.07, 6.45) is 7.17. The van der Waals surface area contributed by atoms with Crippen LogP contribution in [0.25, 0.3) is 0 Å². The molecule has 3 aliphatic rings. The fraction of sp³-hybridized carbons (Fsp3) is 1.00. The van der Waals surface area contributed by atoms with E-state index in [0.717, 1.165) is 12.1 Å². The standard InChI is InChI=1S/C15H28N2O/c1-15(2)13(10-14(15)18-3)16-11-6-8-17-7-4-5-12(17)9-11/h11-14,16H,4-10H2,1-3H3. The summed E-state index contributed by atoms with van der Waals surface area (Å²) in [6, 6.07) is 2.27. The van der Waals surface area contributed by atoms with E-state index in [0.29, 0.717) is 17.6 Å². The fourth-order valence-electron chi connectivity index (χ4n) is 4.23. The van der Waals surface area contributed by atoms with Crippen molar-refractivity contribution in [2.45, 2.75) is 70.2 Å². The molecule has 3 fully saturated rings. The van der Waals surface area contributed by atoms with Crippen LogP contribution in [-0.4, -0.2) is 49.3 Å². The summed E-state index contributed by atoms with van der Waals surface area (Å²) in [5.41, 5.74) is 0.307. The van der Waals surface area contributed by atoms with E-state index in [1.165, 1.54) is 45.2 Å². The average molecular weight is 252 g/mol. The largest absolute Gasteiger partial charge is 0.381 e. The molecule has 2 aliphatic heterocycles. The van der Waals surface area contributed by atoms with Crippen molar-refractivity contribution in [2.24, 2.45) is 5.41 Å². The molecule has 3 rings (SSSR count). The second-order valence-electron chi connectivity index (χ2n) is 7.05. The Morgan fingerprint density at radius 3 is 2.72 bits per heavy atom. The Labute approximate surface area is 111 Å². The van der Waals surface area contributed by atoms with Gasteiger partial charge in [-0.3, -0.25) is 0 Å². The van der Waals surface area contributed by atoms with Gasteiger partial charge in [0.1, 0.15) is 0 Å². The SMILES string of the molecule is COC1CC(NC2CCN3CCCC3C2)C1(C)C. The van der Waals surface area contributed by atoms with Crippen molar-refractivity contribution in [1.29, 1.82) is 0 Å². The molecule has 0 aromatic heterocycles. The molecule has 4 atom stereocenters. The van der Waals surface area contributed by atoms with Gasteiger partial charge in [0.15, 0.2) is 0 Å². The van der Waals surface area contributed by atoms with Crippen molar-refractivity contribution in [3.8, 4) is 0 Å². The summed E-state index contributed by atoms with van der Waals surface area (Å²) in [7, 11) is 1.85. The molecule has 1 N–H and O–H groups in total. The Morgan fingerprint density at radius 2 is 2.00 bits per heavy atom. The molecule has 3 nitrogen and oxygen atoms in total. The van der Waals surface area contributed by atoms with Gasteiger partial charge in [-0.05, 0) is 45.2 Å². The number of ether oxygens (including phenoxy) is 1. The van der Waals surface area contributed by atoms with Crippen LogP contribution in [0.15, 0.2) is 0 Å². The molecular weight excluding hydrogens is 224 g/mol. The zero-order valence-electron chi connectivity index (χ0n) is 12.1. The second-order valence-corrected chi connectivity index (χ2v) is 7.05. The minimum atomic E-state index is 0.307. The number of rotatable bonds is 3. The lowest BCUT2D eigenvalue weighted by molar-refractivity contribution is -0.102. The number of piperidine rings is 1. The van der Waals surface area contributed by atoms with Gasteiger partial charge in [0.25, 0.3) is 0 Å². The molecule has 0 amide bonds. The summed E-state index contributed by atoms with van der Waals surface area (Å²) in [6.45, 7) is 7.33. The minimum absolute atomic E-state index is 0.307. The van der Waals surface area contributed by atoms with E-state index in [9.17, 15) is 0 Å². The van der Waals surface area contributed by atoms with E-state index in [1.807, 2.05) is 7.11 Å². The highest BCUT2D eigenvalue weighted by molar-refractivity contribution is 5.04. The van der Waals surface area contributed by atoms with E-state index < -0.39 is 0 Å². The maximum absolute atomic E-state index is 5.54. The average Bonchev–Trinajstić information content (AvgIpc) is 2.81. The Morgan fingerprint density at radius 1 is 1.17 bits per heavy atom. The lowest BCUT2D eigenvalue weighted by atomic mass is 9.64. The molecule has 1 aliphatic carbocycles. The Hall–Kier alpha value is -0.120. The number of nitrogens with zero attached hydrogens (tertiary/aromatic N) is 1. The molecule has 4 unspecified atom stereocenters. The summed E-state index contributed by atoms with van der Waals surface area (Å²) in [4.78, 5) is 2.70. The van der Waals surface area contributed by atoms with Gasteiger partial charge in [-0.1, -0.05) is 13.8 Å². The van der Waals surface area contributed by atoms with Crippen LogP contribution in [0.2, 0.25) is 0 Å². The van der Waals surface area contributed by atoms with Gasteiger partial charge in [0.2, 0.25) is 0 Å². The highest BCUT2D eigenvalue weighted by Gasteiger charge is 2.49. The van der Waals surface area contributed by atoms with Crippen LogP contribution in [-0.2, 0) is 4.74 Å². The molecule has 0 aromatic carbocycles. The van der Waals surface area contributed by atoms with Crippen LogP contribution in [0.1, 0.15) is 46.0 Å². The third-order valence-corrected chi connectivity index (χ3v) is 5.72. The zero-order chi connectivity index (χ0) is 12.8. The number of nitrogens with one attached hydrogen (secondary N) is 1. The maximum Gasteiger partial charge on any atom is 0.0652 e. The van der Waals surface area contributed by atoms with Crippen molar-refractivity contribution < 1.29 is 4.74 Å². The van der Waals surface area contributed by atoms with Crippen LogP contribution in [0, 0.1) is 5.41 Å². The van der Waals surface area contributed by atoms with Gasteiger partial charge in [-0.25, -0.2) is 0 Å². The lowest BCUT2D eigenvalue weighted by Gasteiger charge is -2.53. The number of methoxy groups -OCH3 is 1. The summed E-state index contributed by atoms with van der Waals surface area (Å²) in [5.74, 6) is 0. The minimum Gasteiger partial charge on any atom is -0.381 e. The molecule has 0 spiro atoms. The Kier molecular flexibility index (Phi) is 3.41. The quantitative estimate of drug-likeness (QED) is 0.831. The highest BCUT2D eigenvalue weighted by atomic mass is 16.5. The number of hydrogen-bond donors (Lipinski definition) is 1. The molecule has 0 bridgehead atoms. The highest BCUT2D eigenvalue weighted by Crippen LogP contribution is 2.43. The monoisotopic (exact) mass is 252 g/mol. The zero-order valence-corrected chi connectivity index (χ0v) is 12.1. The van der Waals surface area contributed by atoms with Crippen LogP contribution in [0.3, 0.4) is 0 Å². The van der Waals surface area contributed by atoms with E-state index in [1.54, 1.807) is 0 Å². The first-order valence-corrected chi connectivity index (χ1v) is 7.64. The van der Waals surface area contributed by atoms with Crippen molar-refractivity contribution in [1.82, 2.24) is 10.2 Å². The Balaban J connectivity index is 1.52. The van der Waals surface area contributed by atoms with Crippen LogP contribution < -0.4 is 5.32 Å². The van der Waals surface area contributed by atoms with E-state index in [2.05, 4.69) is 24.1 Å². The molecule has 2 saturated heterocycles. The predicted molar refractivity (Wildman–Crippen MR) is 73.7 cm³/mol. The normalized spacial score (nSPS) is 43.5. The van der Waals surface area contributed by atoms with Crippen molar-refractivity contribution in [2.75, 3.05) is 20.2 Å². The van der Waals surface area contributed by atoms with Crippen LogP contribution in [0.4, 0.5) is 0 Å². The first kappa shape index (κ1) is 12.9. The molecule has 2 heterocycles. The van der Waals surface area contributed by atoms with E-state index in [-0.39, 0.29) is 0 Å². The second kappa shape index (κ2) is 4.77. The van der Waals surface area contributed by atoms with Crippen LogP contribution in [0.5, 0.6) is 0 Å². The first-order valence-electron chi connectivity index (χ1n) is 7.64. The van der Waals surface area contributed by atoms with Gasteiger partial charge < -0.3 is 15.0 Å². The lowest BCUT2D eigenvalue weighted by Crippen LogP contribution is -2.63. The number of fused-ring (bicyclic) bond motifs is 1. The van der Waals surface area contributed by atoms with E-state index in [4.69, 9.17) is 4.74 Å². The topological polar surface area (TPSA) is 24.5 Å². The van der Waals surface area contributed by atoms with E-state index >= 15 is 0 Å². The van der Waals surface area contributed by atoms with Crippen molar-refractivity contribution in [3.05, 3.63) is 0 Å². The first-order chi connectivity index (χ1) is 8.61. The van der Waals surface area contributed by atoms with Crippen LogP contribution >= 0.6 is 0 Å². The molecule has 0 aromatic rings. The van der Waals surface area contributed by atoms with Gasteiger partial charge in [0.05, 0.1) is 6.10 Å². The third kappa shape index (κ3) is 2.10. The molecular formula is C15H28N2O. The summed E-state index contributed by atoms with van der Waals surface area (Å²) < 4.78 is 5.54. The van der Waals surface area contributed by atoms with Gasteiger partial charge in [-0.2, -0.15) is 0 Å². The van der Waals surface area contributed by atoms with Gasteiger partial charge >= 0.3 is 0 Å². The molecule has 18 heavy (non-hydrogen) atoms. The smallest absolute Gasteiger partial charge is 0.0652 e. The maximum atomic E-state index is 5.54. The summed E-state index contributed by atoms with van der Waals surface area (Å²) in [5, 5.41) is 3.92. The van der Waals surface area contributed by atoms with Crippen molar-refractivity contribution in [3.63, 3.8) is 0 Å². The van der Waals surface area contributed by atoms with Crippen molar-refractivity contribution >= 4 is 0 Å². The molecule has 104 valence electrons. The third-order valence-electron chi connectivity index (χ3n) is 5.72. The van der Waals surface area contributed by atoms with Gasteiger partial charge in [0, 0.05) is 30.7 Å². The molecule has 3 heteroatoms. The Bertz CT molecular complexity index is 305. The summed E-state index contributed by atoms with van der Waals surface area (Å²) >= 11 is 0. The fourth-order valence-corrected chi connectivity index (χ4v) is 4.23. The molecule has 0 radical (unpaired) electrons.